The number of sulfone groups is 1. The van der Waals surface area contributed by atoms with Gasteiger partial charge in [-0.1, -0.05) is 6.92 Å². The van der Waals surface area contributed by atoms with Gasteiger partial charge in [-0.05, 0) is 26.1 Å². The molecule has 0 radical (unpaired) electrons. The molecular formula is C13H24N2O3S. The molecule has 0 amide bonds. The monoisotopic (exact) mass is 288 g/mol. The fourth-order valence-electron chi connectivity index (χ4n) is 1.71. The SMILES string of the molecule is CCCNCc1ccoc1CN(C)CCS(C)(=O)=O. The van der Waals surface area contributed by atoms with Crippen LogP contribution in [-0.4, -0.2) is 45.5 Å². The fourth-order valence-corrected chi connectivity index (χ4v) is 2.35. The quantitative estimate of drug-likeness (QED) is 0.693. The summed E-state index contributed by atoms with van der Waals surface area (Å²) in [7, 11) is -1.01. The van der Waals surface area contributed by atoms with Crippen LogP contribution in [0, 0.1) is 0 Å². The van der Waals surface area contributed by atoms with Gasteiger partial charge in [-0.3, -0.25) is 4.90 Å². The van der Waals surface area contributed by atoms with Crippen molar-refractivity contribution in [2.45, 2.75) is 26.4 Å². The molecular weight excluding hydrogens is 264 g/mol. The molecule has 5 nitrogen and oxygen atoms in total. The summed E-state index contributed by atoms with van der Waals surface area (Å²) in [6.07, 6.45) is 4.04. The van der Waals surface area contributed by atoms with Gasteiger partial charge >= 0.3 is 0 Å². The van der Waals surface area contributed by atoms with Crippen molar-refractivity contribution in [3.8, 4) is 0 Å². The van der Waals surface area contributed by atoms with E-state index >= 15 is 0 Å². The molecule has 0 aliphatic rings. The van der Waals surface area contributed by atoms with Gasteiger partial charge in [-0.25, -0.2) is 8.42 Å². The lowest BCUT2D eigenvalue weighted by atomic mass is 10.2. The molecule has 1 heterocycles. The van der Waals surface area contributed by atoms with E-state index in [1.54, 1.807) is 6.26 Å². The van der Waals surface area contributed by atoms with Gasteiger partial charge in [-0.15, -0.1) is 0 Å². The molecule has 1 aromatic heterocycles. The topological polar surface area (TPSA) is 62.6 Å². The number of furan rings is 1. The van der Waals surface area contributed by atoms with E-state index in [1.165, 1.54) is 6.26 Å². The Hall–Kier alpha value is -0.850. The van der Waals surface area contributed by atoms with Gasteiger partial charge < -0.3 is 9.73 Å². The van der Waals surface area contributed by atoms with E-state index in [-0.39, 0.29) is 5.75 Å². The summed E-state index contributed by atoms with van der Waals surface area (Å²) in [5.41, 5.74) is 1.14. The van der Waals surface area contributed by atoms with Crippen LogP contribution in [-0.2, 0) is 22.9 Å². The smallest absolute Gasteiger partial charge is 0.148 e. The maximum absolute atomic E-state index is 11.1. The van der Waals surface area contributed by atoms with E-state index in [0.717, 1.165) is 30.8 Å². The molecule has 1 N–H and O–H groups in total. The van der Waals surface area contributed by atoms with Crippen LogP contribution < -0.4 is 5.32 Å². The maximum atomic E-state index is 11.1. The highest BCUT2D eigenvalue weighted by Gasteiger charge is 2.11. The summed E-state index contributed by atoms with van der Waals surface area (Å²) in [4.78, 5) is 1.96. The predicted octanol–water partition coefficient (Wildman–Crippen LogP) is 1.26. The van der Waals surface area contributed by atoms with Crippen molar-refractivity contribution in [1.29, 1.82) is 0 Å². The van der Waals surface area contributed by atoms with Crippen LogP contribution in [0.4, 0.5) is 0 Å². The molecule has 0 aliphatic heterocycles. The first-order chi connectivity index (χ1) is 8.92. The van der Waals surface area contributed by atoms with Crippen molar-refractivity contribution >= 4 is 9.84 Å². The summed E-state index contributed by atoms with van der Waals surface area (Å²) < 4.78 is 27.7. The highest BCUT2D eigenvalue weighted by molar-refractivity contribution is 7.90. The molecule has 19 heavy (non-hydrogen) atoms. The van der Waals surface area contributed by atoms with E-state index in [2.05, 4.69) is 12.2 Å². The highest BCUT2D eigenvalue weighted by Crippen LogP contribution is 2.12. The molecule has 0 spiro atoms. The minimum atomic E-state index is -2.91. The van der Waals surface area contributed by atoms with Crippen LogP contribution in [0.2, 0.25) is 0 Å². The minimum Gasteiger partial charge on any atom is -0.468 e. The average Bonchev–Trinajstić information content (AvgIpc) is 2.74. The molecule has 0 saturated carbocycles. The zero-order valence-electron chi connectivity index (χ0n) is 12.0. The standard InChI is InChI=1S/C13H24N2O3S/c1-4-6-14-10-12-5-8-18-13(12)11-15(2)7-9-19(3,16)17/h5,8,14H,4,6-7,9-11H2,1-3H3. The van der Waals surface area contributed by atoms with Gasteiger partial charge in [0.05, 0.1) is 18.6 Å². The predicted molar refractivity (Wildman–Crippen MR) is 76.8 cm³/mol. The zero-order valence-corrected chi connectivity index (χ0v) is 12.8. The van der Waals surface area contributed by atoms with Gasteiger partial charge in [-0.2, -0.15) is 0 Å². The van der Waals surface area contributed by atoms with Crippen molar-refractivity contribution in [1.82, 2.24) is 10.2 Å². The molecule has 0 unspecified atom stereocenters. The third kappa shape index (κ3) is 6.75. The summed E-state index contributed by atoms with van der Waals surface area (Å²) in [6, 6.07) is 1.96. The Labute approximate surface area is 115 Å². The second-order valence-corrected chi connectivity index (χ2v) is 7.17. The summed E-state index contributed by atoms with van der Waals surface area (Å²) >= 11 is 0. The number of rotatable bonds is 9. The molecule has 0 aromatic carbocycles. The number of nitrogens with one attached hydrogen (secondary N) is 1. The normalized spacial score (nSPS) is 12.2. The number of nitrogens with zero attached hydrogens (tertiary/aromatic N) is 1. The van der Waals surface area contributed by atoms with Gasteiger partial charge in [0.1, 0.15) is 15.6 Å². The van der Waals surface area contributed by atoms with Gasteiger partial charge in [0.15, 0.2) is 0 Å². The minimum absolute atomic E-state index is 0.174. The molecule has 1 rings (SSSR count). The van der Waals surface area contributed by atoms with Crippen molar-refractivity contribution in [2.24, 2.45) is 0 Å². The van der Waals surface area contributed by atoms with Gasteiger partial charge in [0.2, 0.25) is 0 Å². The van der Waals surface area contributed by atoms with Crippen molar-refractivity contribution < 1.29 is 12.8 Å². The van der Waals surface area contributed by atoms with Crippen molar-refractivity contribution in [3.05, 3.63) is 23.7 Å². The van der Waals surface area contributed by atoms with Gasteiger partial charge in [0, 0.05) is 24.9 Å². The Morgan fingerprint density at radius 3 is 2.79 bits per heavy atom. The first-order valence-electron chi connectivity index (χ1n) is 6.54. The second kappa shape index (κ2) is 7.67. The molecule has 0 fully saturated rings. The first kappa shape index (κ1) is 16.2. The van der Waals surface area contributed by atoms with Gasteiger partial charge in [0.25, 0.3) is 0 Å². The fraction of sp³-hybridized carbons (Fsp3) is 0.692. The third-order valence-corrected chi connectivity index (χ3v) is 3.76. The van der Waals surface area contributed by atoms with E-state index in [4.69, 9.17) is 4.42 Å². The van der Waals surface area contributed by atoms with Crippen molar-refractivity contribution in [2.75, 3.05) is 32.1 Å². The summed E-state index contributed by atoms with van der Waals surface area (Å²) in [5.74, 6) is 1.08. The lowest BCUT2D eigenvalue weighted by Crippen LogP contribution is -2.25. The summed E-state index contributed by atoms with van der Waals surface area (Å²) in [6.45, 7) is 5.05. The summed E-state index contributed by atoms with van der Waals surface area (Å²) in [5, 5.41) is 3.33. The van der Waals surface area contributed by atoms with Crippen LogP contribution in [0.1, 0.15) is 24.7 Å². The Morgan fingerprint density at radius 2 is 2.16 bits per heavy atom. The van der Waals surface area contributed by atoms with E-state index in [1.807, 2.05) is 18.0 Å². The Kier molecular flexibility index (Phi) is 6.54. The largest absolute Gasteiger partial charge is 0.468 e. The molecule has 0 atom stereocenters. The molecule has 0 aliphatic carbocycles. The second-order valence-electron chi connectivity index (χ2n) is 4.91. The van der Waals surface area contributed by atoms with Crippen LogP contribution in [0.25, 0.3) is 0 Å². The molecule has 0 bridgehead atoms. The van der Waals surface area contributed by atoms with Crippen molar-refractivity contribution in [3.63, 3.8) is 0 Å². The first-order valence-corrected chi connectivity index (χ1v) is 8.60. The Bertz CT molecular complexity index is 468. The number of hydrogen-bond donors (Lipinski definition) is 1. The molecule has 110 valence electrons. The lowest BCUT2D eigenvalue weighted by Gasteiger charge is -2.15. The van der Waals surface area contributed by atoms with E-state index in [9.17, 15) is 8.42 Å². The highest BCUT2D eigenvalue weighted by atomic mass is 32.2. The van der Waals surface area contributed by atoms with Crippen LogP contribution >= 0.6 is 0 Å². The Morgan fingerprint density at radius 1 is 1.42 bits per heavy atom. The maximum Gasteiger partial charge on any atom is 0.148 e. The lowest BCUT2D eigenvalue weighted by molar-refractivity contribution is 0.307. The van der Waals surface area contributed by atoms with Crippen LogP contribution in [0.15, 0.2) is 16.7 Å². The molecule has 6 heteroatoms. The van der Waals surface area contributed by atoms with Crippen LogP contribution in [0.5, 0.6) is 0 Å². The number of hydrogen-bond acceptors (Lipinski definition) is 5. The molecule has 1 aromatic rings. The Balaban J connectivity index is 2.45. The average molecular weight is 288 g/mol. The third-order valence-electron chi connectivity index (χ3n) is 2.84. The van der Waals surface area contributed by atoms with Crippen LogP contribution in [0.3, 0.4) is 0 Å². The molecule has 0 saturated heterocycles. The van der Waals surface area contributed by atoms with E-state index < -0.39 is 9.84 Å². The van der Waals surface area contributed by atoms with E-state index in [0.29, 0.717) is 13.1 Å². The zero-order chi connectivity index (χ0) is 14.3.